The van der Waals surface area contributed by atoms with Crippen LogP contribution in [0.5, 0.6) is 5.75 Å². The average molecular weight is 251 g/mol. The third kappa shape index (κ3) is 2.83. The average Bonchev–Trinajstić information content (AvgIpc) is 2.18. The number of carbonyl (C=O) groups is 1. The zero-order valence-electron chi connectivity index (χ0n) is 7.89. The lowest BCUT2D eigenvalue weighted by molar-refractivity contribution is -0.386. The second-order valence-electron chi connectivity index (χ2n) is 2.74. The van der Waals surface area contributed by atoms with Crippen molar-refractivity contribution in [3.05, 3.63) is 33.6 Å². The van der Waals surface area contributed by atoms with Gasteiger partial charge < -0.3 is 9.84 Å². The Morgan fingerprint density at radius 1 is 1.47 bits per heavy atom. The van der Waals surface area contributed by atoms with E-state index >= 15 is 0 Å². The molecule has 6 nitrogen and oxygen atoms in total. The maximum absolute atomic E-state index is 13.1. The van der Waals surface area contributed by atoms with Crippen LogP contribution in [-0.2, 0) is 0 Å². The van der Waals surface area contributed by atoms with Gasteiger partial charge in [-0.25, -0.2) is 9.18 Å². The van der Waals surface area contributed by atoms with Crippen molar-refractivity contribution >= 4 is 11.7 Å². The van der Waals surface area contributed by atoms with Crippen molar-refractivity contribution in [3.63, 3.8) is 0 Å². The summed E-state index contributed by atoms with van der Waals surface area (Å²) in [5.41, 5.74) is -2.07. The van der Waals surface area contributed by atoms with Gasteiger partial charge in [-0.05, 0) is 0 Å². The number of nitro benzene ring substituents is 1. The topological polar surface area (TPSA) is 89.7 Å². The molecule has 0 radical (unpaired) electrons. The molecule has 0 spiro atoms. The molecule has 0 amide bonds. The van der Waals surface area contributed by atoms with Gasteiger partial charge in [0.2, 0.25) is 5.75 Å². The second-order valence-corrected chi connectivity index (χ2v) is 2.74. The van der Waals surface area contributed by atoms with Gasteiger partial charge in [-0.2, -0.15) is 8.78 Å². The number of hydrogen-bond acceptors (Lipinski definition) is 4. The number of aromatic carboxylic acids is 1. The smallest absolute Gasteiger partial charge is 0.387 e. The molecule has 1 N–H and O–H groups in total. The lowest BCUT2D eigenvalue weighted by Gasteiger charge is -2.06. The van der Waals surface area contributed by atoms with Crippen LogP contribution in [-0.4, -0.2) is 22.6 Å². The normalized spacial score (nSPS) is 10.4. The van der Waals surface area contributed by atoms with Crippen molar-refractivity contribution in [1.29, 1.82) is 0 Å². The monoisotopic (exact) mass is 251 g/mol. The maximum atomic E-state index is 13.1. The molecule has 1 aromatic carbocycles. The van der Waals surface area contributed by atoms with Crippen molar-refractivity contribution in [2.75, 3.05) is 0 Å². The number of hydrogen-bond donors (Lipinski definition) is 1. The fourth-order valence-corrected chi connectivity index (χ4v) is 1.04. The fourth-order valence-electron chi connectivity index (χ4n) is 1.04. The predicted octanol–water partition coefficient (Wildman–Crippen LogP) is 2.03. The van der Waals surface area contributed by atoms with Crippen molar-refractivity contribution in [2.45, 2.75) is 6.61 Å². The molecule has 0 aliphatic rings. The molecule has 0 aliphatic carbocycles. The Balaban J connectivity index is 3.36. The molecule has 17 heavy (non-hydrogen) atoms. The minimum absolute atomic E-state index is 0.209. The van der Waals surface area contributed by atoms with Gasteiger partial charge in [-0.15, -0.1) is 0 Å². The molecule has 0 atom stereocenters. The van der Waals surface area contributed by atoms with E-state index in [1.54, 1.807) is 0 Å². The zero-order valence-corrected chi connectivity index (χ0v) is 7.89. The highest BCUT2D eigenvalue weighted by atomic mass is 19.3. The third-order valence-electron chi connectivity index (χ3n) is 1.69. The second kappa shape index (κ2) is 4.68. The minimum atomic E-state index is -3.39. The summed E-state index contributed by atoms with van der Waals surface area (Å²) in [4.78, 5) is 19.7. The van der Waals surface area contributed by atoms with E-state index in [1.165, 1.54) is 0 Å². The van der Waals surface area contributed by atoms with E-state index in [-0.39, 0.29) is 6.07 Å². The highest BCUT2D eigenvalue weighted by Gasteiger charge is 2.24. The molecule has 0 bridgehead atoms. The van der Waals surface area contributed by atoms with E-state index in [2.05, 4.69) is 4.74 Å². The summed E-state index contributed by atoms with van der Waals surface area (Å²) >= 11 is 0. The molecule has 92 valence electrons. The van der Waals surface area contributed by atoms with E-state index in [0.717, 1.165) is 0 Å². The number of benzene rings is 1. The van der Waals surface area contributed by atoms with Gasteiger partial charge in [-0.1, -0.05) is 0 Å². The van der Waals surface area contributed by atoms with Gasteiger partial charge in [0.25, 0.3) is 0 Å². The SMILES string of the molecule is O=C(O)c1cc(OC(F)F)c([N+](=O)[O-])cc1F. The lowest BCUT2D eigenvalue weighted by Crippen LogP contribution is -2.08. The molecule has 0 aromatic heterocycles. The quantitative estimate of drug-likeness (QED) is 0.653. The van der Waals surface area contributed by atoms with Gasteiger partial charge in [0, 0.05) is 6.07 Å². The number of nitro groups is 1. The number of carboxylic acid groups (broad SMARTS) is 1. The highest BCUT2D eigenvalue weighted by Crippen LogP contribution is 2.31. The number of carboxylic acids is 1. The lowest BCUT2D eigenvalue weighted by atomic mass is 10.2. The van der Waals surface area contributed by atoms with Crippen LogP contribution in [0.25, 0.3) is 0 Å². The molecule has 9 heteroatoms. The molecule has 1 aromatic rings. The molecule has 0 saturated carbocycles. The number of ether oxygens (including phenoxy) is 1. The first kappa shape index (κ1) is 12.7. The molecular formula is C8H4F3NO5. The van der Waals surface area contributed by atoms with Crippen LogP contribution in [0.3, 0.4) is 0 Å². The molecule has 1 rings (SSSR count). The number of rotatable bonds is 4. The molecule has 0 heterocycles. The van der Waals surface area contributed by atoms with E-state index < -0.39 is 40.3 Å². The number of alkyl halides is 2. The van der Waals surface area contributed by atoms with Crippen LogP contribution in [0.1, 0.15) is 10.4 Å². The molecule has 0 unspecified atom stereocenters. The Bertz CT molecular complexity index is 476. The van der Waals surface area contributed by atoms with E-state index in [9.17, 15) is 28.1 Å². The van der Waals surface area contributed by atoms with Crippen molar-refractivity contribution in [1.82, 2.24) is 0 Å². The summed E-state index contributed by atoms with van der Waals surface area (Å²) in [7, 11) is 0. The van der Waals surface area contributed by atoms with Crippen molar-refractivity contribution in [3.8, 4) is 5.75 Å². The standard InChI is InChI=1S/C8H4F3NO5/c9-4-2-5(12(15)16)6(17-8(10)11)1-3(4)7(13)14/h1-2,8H,(H,13,14). The summed E-state index contributed by atoms with van der Waals surface area (Å²) in [5.74, 6) is -4.17. The van der Waals surface area contributed by atoms with Crippen LogP contribution in [0.4, 0.5) is 18.9 Å². The Morgan fingerprint density at radius 2 is 2.06 bits per heavy atom. The Labute approximate surface area is 91.4 Å². The zero-order chi connectivity index (χ0) is 13.2. The Hall–Kier alpha value is -2.32. The van der Waals surface area contributed by atoms with Gasteiger partial charge in [0.05, 0.1) is 16.6 Å². The van der Waals surface area contributed by atoms with Crippen LogP contribution in [0, 0.1) is 15.9 Å². The van der Waals surface area contributed by atoms with E-state index in [4.69, 9.17) is 5.11 Å². The molecular weight excluding hydrogens is 247 g/mol. The maximum Gasteiger partial charge on any atom is 0.387 e. The van der Waals surface area contributed by atoms with Crippen LogP contribution in [0.15, 0.2) is 12.1 Å². The first-order chi connectivity index (χ1) is 7.82. The van der Waals surface area contributed by atoms with Crippen molar-refractivity contribution < 1.29 is 32.7 Å². The number of nitrogens with zero attached hydrogens (tertiary/aromatic N) is 1. The first-order valence-corrected chi connectivity index (χ1v) is 3.99. The van der Waals surface area contributed by atoms with Crippen LogP contribution >= 0.6 is 0 Å². The summed E-state index contributed by atoms with van der Waals surface area (Å²) in [6, 6.07) is 0.545. The van der Waals surface area contributed by atoms with Crippen molar-refractivity contribution in [2.24, 2.45) is 0 Å². The van der Waals surface area contributed by atoms with Gasteiger partial charge >= 0.3 is 18.3 Å². The molecule has 0 aliphatic heterocycles. The van der Waals surface area contributed by atoms with Gasteiger partial charge in [0.1, 0.15) is 5.82 Å². The largest absolute Gasteiger partial charge is 0.478 e. The summed E-state index contributed by atoms with van der Waals surface area (Å²) in [5, 5.41) is 18.9. The Morgan fingerprint density at radius 3 is 2.47 bits per heavy atom. The highest BCUT2D eigenvalue weighted by molar-refractivity contribution is 5.89. The van der Waals surface area contributed by atoms with E-state index in [1.807, 2.05) is 0 Å². The minimum Gasteiger partial charge on any atom is -0.478 e. The fraction of sp³-hybridized carbons (Fsp3) is 0.125. The van der Waals surface area contributed by atoms with Crippen LogP contribution < -0.4 is 4.74 Å². The Kier molecular flexibility index (Phi) is 3.51. The molecule has 0 fully saturated rings. The predicted molar refractivity (Wildman–Crippen MR) is 46.6 cm³/mol. The first-order valence-electron chi connectivity index (χ1n) is 3.99. The number of halogens is 3. The summed E-state index contributed by atoms with van der Waals surface area (Å²) in [6.07, 6.45) is 0. The third-order valence-corrected chi connectivity index (χ3v) is 1.69. The molecule has 0 saturated heterocycles. The van der Waals surface area contributed by atoms with Gasteiger partial charge in [-0.3, -0.25) is 10.1 Å². The van der Waals surface area contributed by atoms with E-state index in [0.29, 0.717) is 6.07 Å². The van der Waals surface area contributed by atoms with Crippen LogP contribution in [0.2, 0.25) is 0 Å². The summed E-state index contributed by atoms with van der Waals surface area (Å²) < 4.78 is 40.6. The summed E-state index contributed by atoms with van der Waals surface area (Å²) in [6.45, 7) is -3.39. The van der Waals surface area contributed by atoms with Gasteiger partial charge in [0.15, 0.2) is 0 Å².